The molecule has 29 heavy (non-hydrogen) atoms. The van der Waals surface area contributed by atoms with Crippen molar-refractivity contribution in [2.24, 2.45) is 46.3 Å². The highest BCUT2D eigenvalue weighted by atomic mass is 16.6. The fourth-order valence-corrected chi connectivity index (χ4v) is 9.40. The number of ketones is 1. The normalized spacial score (nSPS) is 61.6. The summed E-state index contributed by atoms with van der Waals surface area (Å²) < 4.78 is 6.26. The molecule has 0 bridgehead atoms. The van der Waals surface area contributed by atoms with Gasteiger partial charge in [0.25, 0.3) is 0 Å². The van der Waals surface area contributed by atoms with Crippen molar-refractivity contribution in [1.29, 1.82) is 0 Å². The van der Waals surface area contributed by atoms with E-state index in [1.807, 2.05) is 0 Å². The lowest BCUT2D eigenvalue weighted by Crippen LogP contribution is -2.66. The Bertz CT molecular complexity index is 747. The molecule has 4 heteroatoms. The molecule has 2 N–H and O–H groups in total. The lowest BCUT2D eigenvalue weighted by molar-refractivity contribution is -0.246. The summed E-state index contributed by atoms with van der Waals surface area (Å²) >= 11 is 0. The summed E-state index contributed by atoms with van der Waals surface area (Å²) in [4.78, 5) is 12.3. The van der Waals surface area contributed by atoms with E-state index in [-0.39, 0.29) is 22.2 Å². The molecular formula is C25H38O4. The van der Waals surface area contributed by atoms with Crippen LogP contribution < -0.4 is 0 Å². The molecule has 6 fully saturated rings. The van der Waals surface area contributed by atoms with Gasteiger partial charge < -0.3 is 14.9 Å². The molecule has 0 aromatic rings. The maximum absolute atomic E-state index is 12.3. The molecule has 1 heterocycles. The maximum atomic E-state index is 12.3. The van der Waals surface area contributed by atoms with Crippen LogP contribution in [0.2, 0.25) is 0 Å². The van der Waals surface area contributed by atoms with Gasteiger partial charge in [-0.15, -0.1) is 0 Å². The highest BCUT2D eigenvalue weighted by molar-refractivity contribution is 5.81. The molecule has 1 aliphatic heterocycles. The second kappa shape index (κ2) is 5.66. The van der Waals surface area contributed by atoms with Gasteiger partial charge in [-0.25, -0.2) is 0 Å². The van der Waals surface area contributed by atoms with Crippen LogP contribution in [0.3, 0.4) is 0 Å². The maximum Gasteiger partial charge on any atom is 0.155 e. The van der Waals surface area contributed by atoms with Crippen molar-refractivity contribution in [3.63, 3.8) is 0 Å². The van der Waals surface area contributed by atoms with Crippen LogP contribution in [0.1, 0.15) is 85.0 Å². The fraction of sp³-hybridized carbons (Fsp3) is 0.960. The van der Waals surface area contributed by atoms with Crippen molar-refractivity contribution in [3.8, 4) is 0 Å². The number of aliphatic hydroxyl groups is 2. The van der Waals surface area contributed by atoms with Gasteiger partial charge in [-0.05, 0) is 92.8 Å². The van der Waals surface area contributed by atoms with Crippen LogP contribution in [0.25, 0.3) is 0 Å². The van der Waals surface area contributed by atoms with E-state index in [0.29, 0.717) is 42.4 Å². The zero-order valence-corrected chi connectivity index (χ0v) is 18.3. The van der Waals surface area contributed by atoms with Gasteiger partial charge >= 0.3 is 0 Å². The third kappa shape index (κ3) is 2.29. The van der Waals surface area contributed by atoms with Crippen molar-refractivity contribution >= 4 is 5.78 Å². The molecule has 5 saturated carbocycles. The van der Waals surface area contributed by atoms with Crippen LogP contribution in [-0.2, 0) is 9.53 Å². The van der Waals surface area contributed by atoms with Gasteiger partial charge in [0.2, 0.25) is 0 Å². The van der Waals surface area contributed by atoms with Crippen LogP contribution in [-0.4, -0.2) is 33.5 Å². The van der Waals surface area contributed by atoms with E-state index >= 15 is 0 Å². The van der Waals surface area contributed by atoms with Crippen molar-refractivity contribution < 1.29 is 19.7 Å². The van der Waals surface area contributed by atoms with Gasteiger partial charge in [-0.2, -0.15) is 0 Å². The minimum absolute atomic E-state index is 0.0935. The van der Waals surface area contributed by atoms with Gasteiger partial charge in [0.05, 0.1) is 11.2 Å². The van der Waals surface area contributed by atoms with E-state index in [0.717, 1.165) is 44.4 Å². The summed E-state index contributed by atoms with van der Waals surface area (Å²) in [5.74, 6) is 3.78. The number of Topliss-reactive ketones (excluding diaryl/α,β-unsaturated/α-hetero) is 1. The minimum atomic E-state index is -0.764. The molecule has 5 aliphatic carbocycles. The highest BCUT2D eigenvalue weighted by Gasteiger charge is 2.76. The van der Waals surface area contributed by atoms with Crippen LogP contribution in [0, 0.1) is 46.3 Å². The Labute approximate surface area is 174 Å². The van der Waals surface area contributed by atoms with E-state index in [1.165, 1.54) is 12.8 Å². The predicted octanol–water partition coefficient (Wildman–Crippen LogP) is 4.07. The number of ether oxygens (including phenoxy) is 1. The number of carbonyl (C=O) groups is 1. The van der Waals surface area contributed by atoms with E-state index < -0.39 is 11.9 Å². The molecule has 0 aromatic heterocycles. The summed E-state index contributed by atoms with van der Waals surface area (Å²) in [6.07, 6.45) is 9.04. The average molecular weight is 403 g/mol. The minimum Gasteiger partial charge on any atom is -0.389 e. The summed E-state index contributed by atoms with van der Waals surface area (Å²) in [5, 5.41) is 22.1. The molecule has 0 amide bonds. The van der Waals surface area contributed by atoms with Crippen molar-refractivity contribution in [3.05, 3.63) is 0 Å². The SMILES string of the molecule is C[C@]1([C@@]2(C)CCC3C(C2C2CC2)[C@H]2C[C@H]2[C@]2(O)CC(=O)CC[C@]32C)CCC(O)O1. The van der Waals surface area contributed by atoms with E-state index in [1.54, 1.807) is 0 Å². The zero-order valence-electron chi connectivity index (χ0n) is 18.3. The van der Waals surface area contributed by atoms with Gasteiger partial charge in [-0.1, -0.05) is 13.8 Å². The molecule has 10 atom stereocenters. The number of carbonyl (C=O) groups excluding carboxylic acids is 1. The summed E-state index contributed by atoms with van der Waals surface area (Å²) in [6.45, 7) is 7.06. The van der Waals surface area contributed by atoms with Gasteiger partial charge in [0, 0.05) is 24.7 Å². The van der Waals surface area contributed by atoms with E-state index in [4.69, 9.17) is 4.74 Å². The number of hydrogen-bond acceptors (Lipinski definition) is 4. The highest BCUT2D eigenvalue weighted by Crippen LogP contribution is 2.77. The van der Waals surface area contributed by atoms with Crippen molar-refractivity contribution in [2.75, 3.05) is 0 Å². The standard InChI is InChI=1S/C25H38O4/c1-22-9-6-15(26)13-25(22,28)18-12-16(18)20-17(22)7-10-23(2,21(20)14-4-5-14)24(3)11-8-19(27)29-24/h14,16-21,27-28H,4-13H2,1-3H3/t16-,17?,18+,19?,20?,21?,22+,23-,24+,25+/m0/s1. The molecule has 1 saturated heterocycles. The zero-order chi connectivity index (χ0) is 20.4. The summed E-state index contributed by atoms with van der Waals surface area (Å²) in [5.41, 5.74) is -1.03. The van der Waals surface area contributed by atoms with Crippen LogP contribution >= 0.6 is 0 Å². The molecule has 6 rings (SSSR count). The predicted molar refractivity (Wildman–Crippen MR) is 109 cm³/mol. The van der Waals surface area contributed by atoms with Crippen LogP contribution in [0.15, 0.2) is 0 Å². The molecule has 0 spiro atoms. The van der Waals surface area contributed by atoms with Gasteiger partial charge in [0.15, 0.2) is 6.29 Å². The lowest BCUT2D eigenvalue weighted by atomic mass is 9.41. The Morgan fingerprint density at radius 2 is 1.72 bits per heavy atom. The Balaban J connectivity index is 1.41. The lowest BCUT2D eigenvalue weighted by Gasteiger charge is -2.65. The van der Waals surface area contributed by atoms with Crippen molar-refractivity contribution in [1.82, 2.24) is 0 Å². The fourth-order valence-electron chi connectivity index (χ4n) is 9.40. The Morgan fingerprint density at radius 3 is 2.38 bits per heavy atom. The molecule has 162 valence electrons. The topological polar surface area (TPSA) is 66.8 Å². The molecule has 4 nitrogen and oxygen atoms in total. The Morgan fingerprint density at radius 1 is 0.966 bits per heavy atom. The second-order valence-electron chi connectivity index (χ2n) is 12.4. The van der Waals surface area contributed by atoms with E-state index in [9.17, 15) is 15.0 Å². The number of aliphatic hydroxyl groups excluding tert-OH is 1. The number of hydrogen-bond donors (Lipinski definition) is 2. The number of fused-ring (bicyclic) bond motifs is 6. The number of rotatable bonds is 2. The van der Waals surface area contributed by atoms with Crippen molar-refractivity contribution in [2.45, 2.75) is 102 Å². The first-order valence-electron chi connectivity index (χ1n) is 12.2. The van der Waals surface area contributed by atoms with Gasteiger partial charge in [0.1, 0.15) is 5.78 Å². The molecular weight excluding hydrogens is 364 g/mol. The first kappa shape index (κ1) is 19.3. The quantitative estimate of drug-likeness (QED) is 0.731. The summed E-state index contributed by atoms with van der Waals surface area (Å²) in [6, 6.07) is 0. The van der Waals surface area contributed by atoms with Crippen LogP contribution in [0.5, 0.6) is 0 Å². The second-order valence-corrected chi connectivity index (χ2v) is 12.4. The third-order valence-corrected chi connectivity index (χ3v) is 11.3. The van der Waals surface area contributed by atoms with Gasteiger partial charge in [-0.3, -0.25) is 4.79 Å². The first-order valence-corrected chi connectivity index (χ1v) is 12.2. The molecule has 4 unspecified atom stereocenters. The average Bonchev–Trinajstić information content (AvgIpc) is 3.56. The third-order valence-electron chi connectivity index (χ3n) is 11.3. The first-order chi connectivity index (χ1) is 13.6. The Kier molecular flexibility index (Phi) is 3.76. The largest absolute Gasteiger partial charge is 0.389 e. The smallest absolute Gasteiger partial charge is 0.155 e. The molecule has 0 radical (unpaired) electrons. The summed E-state index contributed by atoms with van der Waals surface area (Å²) in [7, 11) is 0. The molecule has 6 aliphatic rings. The molecule has 0 aromatic carbocycles. The Hall–Kier alpha value is -0.450. The van der Waals surface area contributed by atoms with Crippen LogP contribution in [0.4, 0.5) is 0 Å². The monoisotopic (exact) mass is 402 g/mol. The van der Waals surface area contributed by atoms with E-state index in [2.05, 4.69) is 20.8 Å².